The quantitative estimate of drug-likeness (QED) is 0.440. The molecule has 0 atom stereocenters. The third kappa shape index (κ3) is 2.05. The van der Waals surface area contributed by atoms with Gasteiger partial charge in [-0.2, -0.15) is 0 Å². The van der Waals surface area contributed by atoms with E-state index in [2.05, 4.69) is 36.9 Å². The van der Waals surface area contributed by atoms with E-state index in [0.717, 1.165) is 4.90 Å². The second-order valence-electron chi connectivity index (χ2n) is 2.53. The van der Waals surface area contributed by atoms with Gasteiger partial charge in [0.15, 0.2) is 0 Å². The topological polar surface area (TPSA) is 0 Å². The molecule has 0 saturated heterocycles. The predicted octanol–water partition coefficient (Wildman–Crippen LogP) is 0.245. The number of hydrogen-bond donors (Lipinski definition) is 1. The van der Waals surface area contributed by atoms with Crippen LogP contribution in [0, 0.1) is 0 Å². The zero-order valence-corrected chi connectivity index (χ0v) is 9.88. The Kier molecular flexibility index (Phi) is 3.66. The summed E-state index contributed by atoms with van der Waals surface area (Å²) < 4.78 is 0. The first-order valence-electron chi connectivity index (χ1n) is 3.54. The third-order valence-corrected chi connectivity index (χ3v) is 2.01. The molecule has 0 heterocycles. The van der Waals surface area contributed by atoms with E-state index in [1.54, 1.807) is 0 Å². The first-order chi connectivity index (χ1) is 5.36. The summed E-state index contributed by atoms with van der Waals surface area (Å²) in [4.78, 5) is 1.02. The van der Waals surface area contributed by atoms with Crippen molar-refractivity contribution < 1.29 is 31.0 Å². The molecule has 0 unspecified atom stereocenters. The van der Waals surface area contributed by atoms with Crippen LogP contribution in [-0.2, 0) is 0 Å². The molecule has 0 fully saturated rings. The molecule has 0 N–H and O–H groups in total. The molecule has 0 nitrogen and oxygen atoms in total. The fraction of sp³-hybridized carbons (Fsp3) is 0. The van der Waals surface area contributed by atoms with Crippen molar-refractivity contribution >= 4 is 23.4 Å². The Morgan fingerprint density at radius 1 is 0.917 bits per heavy atom. The molecule has 0 aliphatic carbocycles. The number of fused-ring (bicyclic) bond motifs is 1. The van der Waals surface area contributed by atoms with Gasteiger partial charge >= 0.3 is 29.6 Å². The van der Waals surface area contributed by atoms with Crippen LogP contribution in [0.15, 0.2) is 47.4 Å². The van der Waals surface area contributed by atoms with E-state index >= 15 is 0 Å². The van der Waals surface area contributed by atoms with Crippen LogP contribution in [0.5, 0.6) is 0 Å². The summed E-state index contributed by atoms with van der Waals surface area (Å²) in [5, 5.41) is 2.52. The molecule has 56 valence electrons. The summed E-state index contributed by atoms with van der Waals surface area (Å²) >= 11 is 4.26. The van der Waals surface area contributed by atoms with Gasteiger partial charge in [0.1, 0.15) is 0 Å². The van der Waals surface area contributed by atoms with Crippen molar-refractivity contribution in [2.24, 2.45) is 0 Å². The molecule has 0 amide bonds. The van der Waals surface area contributed by atoms with E-state index in [-0.39, 0.29) is 31.0 Å². The van der Waals surface area contributed by atoms with E-state index in [1.165, 1.54) is 10.8 Å². The normalized spacial score (nSPS) is 9.42. The maximum atomic E-state index is 4.26. The minimum Gasteiger partial charge on any atom is -1.00 e. The van der Waals surface area contributed by atoms with Gasteiger partial charge in [-0.05, 0) is 22.9 Å². The van der Waals surface area contributed by atoms with Gasteiger partial charge in [-0.3, -0.25) is 0 Å². The molecule has 0 aromatic heterocycles. The molecule has 0 aliphatic heterocycles. The molecule has 0 bridgehead atoms. The van der Waals surface area contributed by atoms with Crippen molar-refractivity contribution in [3.8, 4) is 0 Å². The standard InChI is InChI=1S/C10H8S.Na.H/c11-10-6-5-8-3-1-2-4-9(8)7-10;;/h1-7,11H;;/q;+1;-1. The van der Waals surface area contributed by atoms with Crippen molar-refractivity contribution in [3.63, 3.8) is 0 Å². The molecule has 2 aromatic carbocycles. The van der Waals surface area contributed by atoms with E-state index in [9.17, 15) is 0 Å². The van der Waals surface area contributed by atoms with Gasteiger partial charge < -0.3 is 1.43 Å². The second-order valence-corrected chi connectivity index (χ2v) is 3.05. The van der Waals surface area contributed by atoms with Gasteiger partial charge in [-0.15, -0.1) is 12.6 Å². The van der Waals surface area contributed by atoms with Gasteiger partial charge in [0, 0.05) is 4.90 Å². The number of benzene rings is 2. The number of rotatable bonds is 0. The zero-order valence-electron chi connectivity index (χ0n) is 7.99. The van der Waals surface area contributed by atoms with Gasteiger partial charge in [-0.1, -0.05) is 30.3 Å². The fourth-order valence-corrected chi connectivity index (χ4v) is 1.39. The van der Waals surface area contributed by atoms with Crippen LogP contribution in [0.1, 0.15) is 1.43 Å². The maximum absolute atomic E-state index is 4.26. The Morgan fingerprint density at radius 3 is 2.33 bits per heavy atom. The van der Waals surface area contributed by atoms with Crippen molar-refractivity contribution in [1.82, 2.24) is 0 Å². The fourth-order valence-electron chi connectivity index (χ4n) is 1.18. The minimum absolute atomic E-state index is 0. The maximum Gasteiger partial charge on any atom is 1.00 e. The molecule has 2 heteroatoms. The Labute approximate surface area is 101 Å². The Balaban J connectivity index is 0.000000720. The van der Waals surface area contributed by atoms with E-state index in [4.69, 9.17) is 0 Å². The monoisotopic (exact) mass is 184 g/mol. The number of hydrogen-bond acceptors (Lipinski definition) is 1. The van der Waals surface area contributed by atoms with Crippen molar-refractivity contribution in [2.45, 2.75) is 4.90 Å². The molecule has 0 saturated carbocycles. The largest absolute Gasteiger partial charge is 1.00 e. The van der Waals surface area contributed by atoms with Crippen LogP contribution in [0.3, 0.4) is 0 Å². The van der Waals surface area contributed by atoms with Crippen LogP contribution in [0.2, 0.25) is 0 Å². The minimum atomic E-state index is 0. The Morgan fingerprint density at radius 2 is 1.58 bits per heavy atom. The van der Waals surface area contributed by atoms with Crippen molar-refractivity contribution in [3.05, 3.63) is 42.5 Å². The van der Waals surface area contributed by atoms with Crippen molar-refractivity contribution in [1.29, 1.82) is 0 Å². The van der Waals surface area contributed by atoms with E-state index in [1.807, 2.05) is 18.2 Å². The van der Waals surface area contributed by atoms with Gasteiger partial charge in [-0.25, -0.2) is 0 Å². The van der Waals surface area contributed by atoms with Gasteiger partial charge in [0.2, 0.25) is 0 Å². The summed E-state index contributed by atoms with van der Waals surface area (Å²) in [6, 6.07) is 14.4. The second kappa shape index (κ2) is 4.33. The first-order valence-corrected chi connectivity index (χ1v) is 3.99. The molecule has 0 radical (unpaired) electrons. The molecule has 2 rings (SSSR count). The average molecular weight is 184 g/mol. The summed E-state index contributed by atoms with van der Waals surface area (Å²) in [6.45, 7) is 0. The van der Waals surface area contributed by atoms with E-state index in [0.29, 0.717) is 0 Å². The summed E-state index contributed by atoms with van der Waals surface area (Å²) in [6.07, 6.45) is 0. The first kappa shape index (κ1) is 10.1. The number of thiol groups is 1. The van der Waals surface area contributed by atoms with Crippen LogP contribution in [-0.4, -0.2) is 0 Å². The molecular weight excluding hydrogens is 175 g/mol. The van der Waals surface area contributed by atoms with Crippen LogP contribution < -0.4 is 29.6 Å². The smallest absolute Gasteiger partial charge is 1.00 e. The van der Waals surface area contributed by atoms with E-state index < -0.39 is 0 Å². The SMILES string of the molecule is Sc1ccc2ccccc2c1.[H-].[Na+]. The van der Waals surface area contributed by atoms with Gasteiger partial charge in [0.05, 0.1) is 0 Å². The Hall–Kier alpha value is 0.0500. The third-order valence-electron chi connectivity index (χ3n) is 1.73. The molecule has 2 aromatic rings. The Bertz CT molecular complexity index is 389. The average Bonchev–Trinajstić information content (AvgIpc) is 2.04. The molecule has 0 aliphatic rings. The molecule has 12 heavy (non-hydrogen) atoms. The van der Waals surface area contributed by atoms with Crippen LogP contribution in [0.25, 0.3) is 10.8 Å². The van der Waals surface area contributed by atoms with Crippen LogP contribution in [0.4, 0.5) is 0 Å². The van der Waals surface area contributed by atoms with Crippen LogP contribution >= 0.6 is 12.6 Å². The zero-order chi connectivity index (χ0) is 7.68. The summed E-state index contributed by atoms with van der Waals surface area (Å²) in [5.74, 6) is 0. The molecular formula is C10H9NaS. The van der Waals surface area contributed by atoms with Crippen molar-refractivity contribution in [2.75, 3.05) is 0 Å². The predicted molar refractivity (Wildman–Crippen MR) is 52.3 cm³/mol. The molecule has 0 spiro atoms. The summed E-state index contributed by atoms with van der Waals surface area (Å²) in [7, 11) is 0. The summed E-state index contributed by atoms with van der Waals surface area (Å²) in [5.41, 5.74) is 0. The van der Waals surface area contributed by atoms with Gasteiger partial charge in [0.25, 0.3) is 0 Å².